The van der Waals surface area contributed by atoms with Crippen molar-refractivity contribution in [3.05, 3.63) is 68.7 Å². The number of ether oxygens (including phenoxy) is 1. The van der Waals surface area contributed by atoms with Crippen LogP contribution in [0.15, 0.2) is 47.6 Å². The molecular weight excluding hydrogens is 322 g/mol. The number of halogens is 1. The molecule has 2 aromatic rings. The first kappa shape index (κ1) is 16.4. The summed E-state index contributed by atoms with van der Waals surface area (Å²) in [5.41, 5.74) is 3.19. The monoisotopic (exact) mass is 333 g/mol. The minimum Gasteiger partial charge on any atom is -0.495 e. The van der Waals surface area contributed by atoms with Crippen LogP contribution in [0.1, 0.15) is 15.9 Å². The van der Waals surface area contributed by atoms with E-state index in [1.54, 1.807) is 18.2 Å². The number of nitrogens with zero attached hydrogens (tertiary/aromatic N) is 2. The van der Waals surface area contributed by atoms with Gasteiger partial charge in [-0.1, -0.05) is 11.6 Å². The number of carbonyl (C=O) groups excluding carboxylic acids is 1. The molecule has 1 N–H and O–H groups in total. The van der Waals surface area contributed by atoms with Gasteiger partial charge in [-0.2, -0.15) is 5.10 Å². The summed E-state index contributed by atoms with van der Waals surface area (Å²) >= 11 is 5.98. The number of rotatable bonds is 5. The quantitative estimate of drug-likeness (QED) is 0.517. The first-order valence-electron chi connectivity index (χ1n) is 6.42. The number of methoxy groups -OCH3 is 1. The van der Waals surface area contributed by atoms with Crippen molar-refractivity contribution in [3.8, 4) is 5.75 Å². The van der Waals surface area contributed by atoms with E-state index in [0.717, 1.165) is 0 Å². The van der Waals surface area contributed by atoms with E-state index in [-0.39, 0.29) is 11.3 Å². The van der Waals surface area contributed by atoms with Crippen molar-refractivity contribution in [1.29, 1.82) is 0 Å². The number of nitro benzene ring substituents is 1. The molecule has 0 bridgehead atoms. The highest BCUT2D eigenvalue weighted by Crippen LogP contribution is 2.24. The summed E-state index contributed by atoms with van der Waals surface area (Å²) in [5.74, 6) is 0.0643. The highest BCUT2D eigenvalue weighted by molar-refractivity contribution is 6.32. The smallest absolute Gasteiger partial charge is 0.271 e. The Morgan fingerprint density at radius 2 is 2.00 bits per heavy atom. The Morgan fingerprint density at radius 3 is 2.57 bits per heavy atom. The molecule has 8 heteroatoms. The molecule has 0 aliphatic heterocycles. The first-order valence-corrected chi connectivity index (χ1v) is 6.80. The van der Waals surface area contributed by atoms with Crippen molar-refractivity contribution >= 4 is 29.4 Å². The third-order valence-corrected chi connectivity index (χ3v) is 3.19. The number of nitrogens with one attached hydrogen (secondary N) is 1. The van der Waals surface area contributed by atoms with Gasteiger partial charge in [-0.05, 0) is 35.9 Å². The van der Waals surface area contributed by atoms with Gasteiger partial charge < -0.3 is 4.74 Å². The van der Waals surface area contributed by atoms with Crippen molar-refractivity contribution in [2.45, 2.75) is 0 Å². The van der Waals surface area contributed by atoms with Gasteiger partial charge in [0.25, 0.3) is 11.6 Å². The lowest BCUT2D eigenvalue weighted by atomic mass is 10.2. The molecule has 23 heavy (non-hydrogen) atoms. The SMILES string of the molecule is COc1ccc(C=NNC(=O)c2ccc([N+](=O)[O-])cc2)cc1Cl. The Kier molecular flexibility index (Phi) is 5.27. The third-order valence-electron chi connectivity index (χ3n) is 2.90. The number of amides is 1. The maximum atomic E-state index is 11.8. The molecule has 2 aromatic carbocycles. The Hall–Kier alpha value is -2.93. The number of benzene rings is 2. The van der Waals surface area contributed by atoms with Crippen molar-refractivity contribution in [1.82, 2.24) is 5.43 Å². The fourth-order valence-corrected chi connectivity index (χ4v) is 1.99. The molecule has 0 aliphatic rings. The fourth-order valence-electron chi connectivity index (χ4n) is 1.73. The maximum Gasteiger partial charge on any atom is 0.271 e. The predicted molar refractivity (Wildman–Crippen MR) is 86.2 cm³/mol. The van der Waals surface area contributed by atoms with Crippen LogP contribution in [0, 0.1) is 10.1 Å². The number of hydrogen-bond acceptors (Lipinski definition) is 5. The van der Waals surface area contributed by atoms with Gasteiger partial charge in [0.1, 0.15) is 5.75 Å². The van der Waals surface area contributed by atoms with Crippen molar-refractivity contribution in [2.24, 2.45) is 5.10 Å². The molecule has 7 nitrogen and oxygen atoms in total. The fraction of sp³-hybridized carbons (Fsp3) is 0.0667. The summed E-state index contributed by atoms with van der Waals surface area (Å²) in [4.78, 5) is 21.9. The zero-order chi connectivity index (χ0) is 16.8. The van der Waals surface area contributed by atoms with Gasteiger partial charge >= 0.3 is 0 Å². The van der Waals surface area contributed by atoms with Gasteiger partial charge in [0.2, 0.25) is 0 Å². The average molecular weight is 334 g/mol. The van der Waals surface area contributed by atoms with Crippen LogP contribution in [0.4, 0.5) is 5.69 Å². The lowest BCUT2D eigenvalue weighted by Gasteiger charge is -2.03. The van der Waals surface area contributed by atoms with E-state index >= 15 is 0 Å². The van der Waals surface area contributed by atoms with E-state index in [0.29, 0.717) is 16.3 Å². The molecule has 0 atom stereocenters. The van der Waals surface area contributed by atoms with E-state index in [2.05, 4.69) is 10.5 Å². The minimum atomic E-state index is -0.534. The Balaban J connectivity index is 2.00. The van der Waals surface area contributed by atoms with Gasteiger partial charge in [0.05, 0.1) is 23.3 Å². The molecule has 0 saturated heterocycles. The van der Waals surface area contributed by atoms with E-state index in [1.807, 2.05) is 0 Å². The lowest BCUT2D eigenvalue weighted by molar-refractivity contribution is -0.384. The first-order chi connectivity index (χ1) is 11.0. The second-order valence-corrected chi connectivity index (χ2v) is 4.80. The number of carbonyl (C=O) groups is 1. The zero-order valence-electron chi connectivity index (χ0n) is 12.0. The summed E-state index contributed by atoms with van der Waals surface area (Å²) in [7, 11) is 1.51. The van der Waals surface area contributed by atoms with E-state index < -0.39 is 10.8 Å². The highest BCUT2D eigenvalue weighted by Gasteiger charge is 2.08. The van der Waals surface area contributed by atoms with Crippen molar-refractivity contribution < 1.29 is 14.5 Å². The van der Waals surface area contributed by atoms with Crippen LogP contribution in [0.2, 0.25) is 5.02 Å². The van der Waals surface area contributed by atoms with E-state index in [1.165, 1.54) is 37.6 Å². The van der Waals surface area contributed by atoms with Crippen LogP contribution in [-0.4, -0.2) is 24.2 Å². The molecule has 2 rings (SSSR count). The molecule has 0 unspecified atom stereocenters. The Labute approximate surface area is 136 Å². The Morgan fingerprint density at radius 1 is 1.30 bits per heavy atom. The lowest BCUT2D eigenvalue weighted by Crippen LogP contribution is -2.17. The normalized spacial score (nSPS) is 10.5. The molecule has 0 saturated carbocycles. The second kappa shape index (κ2) is 7.37. The number of non-ortho nitro benzene ring substituents is 1. The summed E-state index contributed by atoms with van der Waals surface area (Å²) in [6, 6.07) is 10.3. The minimum absolute atomic E-state index is 0.0853. The molecule has 0 heterocycles. The molecular formula is C15H12ClN3O4. The second-order valence-electron chi connectivity index (χ2n) is 4.40. The van der Waals surface area contributed by atoms with Crippen LogP contribution < -0.4 is 10.2 Å². The summed E-state index contributed by atoms with van der Waals surface area (Å²) < 4.78 is 5.03. The van der Waals surface area contributed by atoms with Crippen molar-refractivity contribution in [2.75, 3.05) is 7.11 Å². The number of nitro groups is 1. The van der Waals surface area contributed by atoms with Crippen LogP contribution >= 0.6 is 11.6 Å². The van der Waals surface area contributed by atoms with Gasteiger partial charge in [-0.3, -0.25) is 14.9 Å². The molecule has 1 amide bonds. The molecule has 0 aromatic heterocycles. The third kappa shape index (κ3) is 4.27. The van der Waals surface area contributed by atoms with Gasteiger partial charge in [-0.15, -0.1) is 0 Å². The van der Waals surface area contributed by atoms with Gasteiger partial charge in [0.15, 0.2) is 0 Å². The van der Waals surface area contributed by atoms with Gasteiger partial charge in [-0.25, -0.2) is 5.43 Å². The standard InChI is InChI=1S/C15H12ClN3O4/c1-23-14-7-2-10(8-13(14)16)9-17-18-15(20)11-3-5-12(6-4-11)19(21)22/h2-9H,1H3,(H,18,20). The summed E-state index contributed by atoms with van der Waals surface area (Å²) in [5, 5.41) is 14.8. The molecule has 0 aliphatic carbocycles. The summed E-state index contributed by atoms with van der Waals surface area (Å²) in [6.07, 6.45) is 1.43. The molecule has 0 radical (unpaired) electrons. The van der Waals surface area contributed by atoms with Crippen LogP contribution in [0.5, 0.6) is 5.75 Å². The maximum absolute atomic E-state index is 11.8. The van der Waals surface area contributed by atoms with Crippen LogP contribution in [0.3, 0.4) is 0 Å². The molecule has 118 valence electrons. The van der Waals surface area contributed by atoms with Crippen LogP contribution in [-0.2, 0) is 0 Å². The van der Waals surface area contributed by atoms with E-state index in [9.17, 15) is 14.9 Å². The average Bonchev–Trinajstić information content (AvgIpc) is 2.55. The number of hydrogen-bond donors (Lipinski definition) is 1. The topological polar surface area (TPSA) is 93.8 Å². The largest absolute Gasteiger partial charge is 0.495 e. The predicted octanol–water partition coefficient (Wildman–Crippen LogP) is 3.02. The Bertz CT molecular complexity index is 760. The number of hydrazone groups is 1. The van der Waals surface area contributed by atoms with Gasteiger partial charge in [0, 0.05) is 17.7 Å². The zero-order valence-corrected chi connectivity index (χ0v) is 12.8. The molecule has 0 fully saturated rings. The highest BCUT2D eigenvalue weighted by atomic mass is 35.5. The van der Waals surface area contributed by atoms with E-state index in [4.69, 9.17) is 16.3 Å². The van der Waals surface area contributed by atoms with Crippen LogP contribution in [0.25, 0.3) is 0 Å². The summed E-state index contributed by atoms with van der Waals surface area (Å²) in [6.45, 7) is 0. The molecule has 0 spiro atoms. The van der Waals surface area contributed by atoms with Crippen molar-refractivity contribution in [3.63, 3.8) is 0 Å².